The summed E-state index contributed by atoms with van der Waals surface area (Å²) in [6.07, 6.45) is 2.32. The molecule has 1 atom stereocenters. The SMILES string of the molecule is COc1ccc(C(C)(CCCN(C)CCc2ccc(OC)c(OC)c2)C(=O)OC(C)C)cc1. The van der Waals surface area contributed by atoms with Gasteiger partial charge < -0.3 is 23.8 Å². The Balaban J connectivity index is 1.98. The van der Waals surface area contributed by atoms with Crippen molar-refractivity contribution in [1.82, 2.24) is 4.90 Å². The van der Waals surface area contributed by atoms with Crippen LogP contribution in [0, 0.1) is 0 Å². The highest BCUT2D eigenvalue weighted by atomic mass is 16.5. The van der Waals surface area contributed by atoms with Crippen LogP contribution in [0.15, 0.2) is 42.5 Å². The molecule has 6 heteroatoms. The van der Waals surface area contributed by atoms with Crippen molar-refractivity contribution in [2.24, 2.45) is 0 Å². The van der Waals surface area contributed by atoms with Crippen molar-refractivity contribution in [1.29, 1.82) is 0 Å². The van der Waals surface area contributed by atoms with Gasteiger partial charge in [-0.2, -0.15) is 0 Å². The highest BCUT2D eigenvalue weighted by molar-refractivity contribution is 5.83. The molecule has 0 aliphatic heterocycles. The lowest BCUT2D eigenvalue weighted by atomic mass is 9.78. The Morgan fingerprint density at radius 1 is 0.939 bits per heavy atom. The molecule has 0 aliphatic rings. The maximum Gasteiger partial charge on any atom is 0.316 e. The molecule has 0 radical (unpaired) electrons. The van der Waals surface area contributed by atoms with Crippen molar-refractivity contribution in [2.75, 3.05) is 41.5 Å². The number of benzene rings is 2. The summed E-state index contributed by atoms with van der Waals surface area (Å²) in [5, 5.41) is 0. The smallest absolute Gasteiger partial charge is 0.316 e. The summed E-state index contributed by atoms with van der Waals surface area (Å²) in [5.74, 6) is 2.07. The van der Waals surface area contributed by atoms with Crippen molar-refractivity contribution in [3.63, 3.8) is 0 Å². The number of carbonyl (C=O) groups excluding carboxylic acids is 1. The molecule has 0 bridgehead atoms. The van der Waals surface area contributed by atoms with Crippen molar-refractivity contribution >= 4 is 5.97 Å². The molecule has 33 heavy (non-hydrogen) atoms. The van der Waals surface area contributed by atoms with Gasteiger partial charge in [0.15, 0.2) is 11.5 Å². The molecule has 182 valence electrons. The monoisotopic (exact) mass is 457 g/mol. The minimum absolute atomic E-state index is 0.153. The van der Waals surface area contributed by atoms with E-state index in [4.69, 9.17) is 18.9 Å². The molecule has 0 fully saturated rings. The van der Waals surface area contributed by atoms with Gasteiger partial charge in [-0.3, -0.25) is 4.79 Å². The fourth-order valence-corrected chi connectivity index (χ4v) is 3.84. The van der Waals surface area contributed by atoms with Gasteiger partial charge in [0.2, 0.25) is 0 Å². The molecule has 2 aromatic carbocycles. The molecule has 2 rings (SSSR count). The number of hydrogen-bond donors (Lipinski definition) is 0. The number of nitrogens with zero attached hydrogens (tertiary/aromatic N) is 1. The summed E-state index contributed by atoms with van der Waals surface area (Å²) < 4.78 is 21.6. The standard InChI is InChI=1S/C27H39NO5/c1-20(2)33-26(29)27(3,22-10-12-23(30-5)13-11-22)16-8-17-28(4)18-15-21-9-14-24(31-6)25(19-21)32-7/h9-14,19-20H,8,15-18H2,1-7H3. The second-order valence-electron chi connectivity index (χ2n) is 8.86. The minimum atomic E-state index is -0.708. The highest BCUT2D eigenvalue weighted by Gasteiger charge is 2.37. The Kier molecular flexibility index (Phi) is 10.0. The third kappa shape index (κ3) is 7.39. The Morgan fingerprint density at radius 2 is 1.61 bits per heavy atom. The van der Waals surface area contributed by atoms with E-state index in [0.29, 0.717) is 6.42 Å². The van der Waals surface area contributed by atoms with Crippen LogP contribution in [-0.2, 0) is 21.4 Å². The van der Waals surface area contributed by atoms with Crippen LogP contribution in [0.1, 0.15) is 44.7 Å². The van der Waals surface area contributed by atoms with Crippen LogP contribution in [0.25, 0.3) is 0 Å². The summed E-state index contributed by atoms with van der Waals surface area (Å²) in [4.78, 5) is 15.3. The molecule has 0 aliphatic carbocycles. The topological polar surface area (TPSA) is 57.2 Å². The zero-order valence-electron chi connectivity index (χ0n) is 21.1. The summed E-state index contributed by atoms with van der Waals surface area (Å²) in [5.41, 5.74) is 1.44. The predicted octanol–water partition coefficient (Wildman–Crippen LogP) is 4.88. The van der Waals surface area contributed by atoms with Crippen molar-refractivity contribution < 1.29 is 23.7 Å². The van der Waals surface area contributed by atoms with E-state index < -0.39 is 5.41 Å². The predicted molar refractivity (Wildman–Crippen MR) is 132 cm³/mol. The molecular weight excluding hydrogens is 418 g/mol. The van der Waals surface area contributed by atoms with Crippen LogP contribution in [0.5, 0.6) is 17.2 Å². The Labute approximate surface area is 198 Å². The number of esters is 1. The number of carbonyl (C=O) groups is 1. The fourth-order valence-electron chi connectivity index (χ4n) is 3.84. The molecule has 0 spiro atoms. The lowest BCUT2D eigenvalue weighted by Crippen LogP contribution is -2.37. The van der Waals surface area contributed by atoms with Gasteiger partial charge in [0.05, 0.1) is 32.8 Å². The van der Waals surface area contributed by atoms with E-state index in [1.54, 1.807) is 21.3 Å². The van der Waals surface area contributed by atoms with E-state index in [1.165, 1.54) is 5.56 Å². The van der Waals surface area contributed by atoms with E-state index >= 15 is 0 Å². The van der Waals surface area contributed by atoms with Crippen LogP contribution in [-0.4, -0.2) is 58.4 Å². The van der Waals surface area contributed by atoms with Gasteiger partial charge in [-0.05, 0) is 89.0 Å². The number of methoxy groups -OCH3 is 3. The highest BCUT2D eigenvalue weighted by Crippen LogP contribution is 2.33. The van der Waals surface area contributed by atoms with Crippen LogP contribution < -0.4 is 14.2 Å². The van der Waals surface area contributed by atoms with Gasteiger partial charge in [0, 0.05) is 6.54 Å². The van der Waals surface area contributed by atoms with E-state index in [-0.39, 0.29) is 12.1 Å². The van der Waals surface area contributed by atoms with Gasteiger partial charge in [-0.15, -0.1) is 0 Å². The third-order valence-corrected chi connectivity index (χ3v) is 5.97. The Morgan fingerprint density at radius 3 is 2.18 bits per heavy atom. The first-order valence-corrected chi connectivity index (χ1v) is 11.5. The number of hydrogen-bond acceptors (Lipinski definition) is 6. The molecular formula is C27H39NO5. The molecule has 6 nitrogen and oxygen atoms in total. The summed E-state index contributed by atoms with van der Waals surface area (Å²) in [6, 6.07) is 13.7. The molecule has 0 amide bonds. The van der Waals surface area contributed by atoms with Crippen LogP contribution in [0.2, 0.25) is 0 Å². The van der Waals surface area contributed by atoms with Crippen LogP contribution >= 0.6 is 0 Å². The molecule has 0 saturated heterocycles. The third-order valence-electron chi connectivity index (χ3n) is 5.97. The Hall–Kier alpha value is -2.73. The minimum Gasteiger partial charge on any atom is -0.497 e. The number of ether oxygens (including phenoxy) is 4. The van der Waals surface area contributed by atoms with Gasteiger partial charge in [-0.25, -0.2) is 0 Å². The van der Waals surface area contributed by atoms with Crippen LogP contribution in [0.4, 0.5) is 0 Å². The van der Waals surface area contributed by atoms with E-state index in [1.807, 2.05) is 57.2 Å². The zero-order valence-corrected chi connectivity index (χ0v) is 21.1. The maximum absolute atomic E-state index is 13.0. The summed E-state index contributed by atoms with van der Waals surface area (Å²) >= 11 is 0. The van der Waals surface area contributed by atoms with Crippen molar-refractivity contribution in [2.45, 2.75) is 51.6 Å². The fraction of sp³-hybridized carbons (Fsp3) is 0.519. The van der Waals surface area contributed by atoms with Gasteiger partial charge in [0.1, 0.15) is 5.75 Å². The second kappa shape index (κ2) is 12.5. The van der Waals surface area contributed by atoms with Crippen molar-refractivity contribution in [3.05, 3.63) is 53.6 Å². The molecule has 0 heterocycles. The summed E-state index contributed by atoms with van der Waals surface area (Å²) in [6.45, 7) is 7.53. The van der Waals surface area contributed by atoms with Gasteiger partial charge in [0.25, 0.3) is 0 Å². The quantitative estimate of drug-likeness (QED) is 0.400. The van der Waals surface area contributed by atoms with Gasteiger partial charge >= 0.3 is 5.97 Å². The number of rotatable bonds is 13. The average Bonchev–Trinajstić information content (AvgIpc) is 2.81. The Bertz CT molecular complexity index is 881. The molecule has 0 saturated carbocycles. The molecule has 0 N–H and O–H groups in total. The van der Waals surface area contributed by atoms with Gasteiger partial charge in [-0.1, -0.05) is 18.2 Å². The molecule has 2 aromatic rings. The normalized spacial score (nSPS) is 13.0. The number of likely N-dealkylation sites (N-methyl/N-ethyl adjacent to an activating group) is 1. The molecule has 0 aromatic heterocycles. The zero-order chi connectivity index (χ0) is 24.4. The lowest BCUT2D eigenvalue weighted by molar-refractivity contribution is -0.154. The van der Waals surface area contributed by atoms with Crippen molar-refractivity contribution in [3.8, 4) is 17.2 Å². The van der Waals surface area contributed by atoms with E-state index in [9.17, 15) is 4.79 Å². The van der Waals surface area contributed by atoms with E-state index in [2.05, 4.69) is 18.0 Å². The second-order valence-corrected chi connectivity index (χ2v) is 8.86. The largest absolute Gasteiger partial charge is 0.497 e. The molecule has 1 unspecified atom stereocenters. The average molecular weight is 458 g/mol. The van der Waals surface area contributed by atoms with Crippen LogP contribution in [0.3, 0.4) is 0 Å². The maximum atomic E-state index is 13.0. The first-order valence-electron chi connectivity index (χ1n) is 11.5. The first-order chi connectivity index (χ1) is 15.7. The first kappa shape index (κ1) is 26.5. The van der Waals surface area contributed by atoms with E-state index in [0.717, 1.165) is 48.7 Å². The lowest BCUT2D eigenvalue weighted by Gasteiger charge is -2.30. The summed E-state index contributed by atoms with van der Waals surface area (Å²) in [7, 11) is 7.04.